The maximum absolute atomic E-state index is 12.2. The number of hydrogen-bond acceptors (Lipinski definition) is 2. The molecule has 0 saturated carbocycles. The van der Waals surface area contributed by atoms with Gasteiger partial charge in [0.25, 0.3) is 0 Å². The van der Waals surface area contributed by atoms with Crippen molar-refractivity contribution in [2.75, 3.05) is 6.54 Å². The smallest absolute Gasteiger partial charge is 0.410 e. The molecule has 0 radical (unpaired) electrons. The Bertz CT molecular complexity index is 450. The van der Waals surface area contributed by atoms with Crippen molar-refractivity contribution >= 4 is 22.0 Å². The van der Waals surface area contributed by atoms with Crippen molar-refractivity contribution in [3.05, 3.63) is 34.3 Å². The third-order valence-corrected chi connectivity index (χ3v) is 3.66. The molecule has 4 heteroatoms. The van der Waals surface area contributed by atoms with Gasteiger partial charge in [-0.3, -0.25) is 0 Å². The number of likely N-dealkylation sites (tertiary alicyclic amines) is 1. The van der Waals surface area contributed by atoms with E-state index in [4.69, 9.17) is 4.74 Å². The second-order valence-electron chi connectivity index (χ2n) is 5.88. The molecule has 1 aliphatic heterocycles. The molecule has 1 fully saturated rings. The number of nitrogens with zero attached hydrogens (tertiary/aromatic N) is 1. The van der Waals surface area contributed by atoms with Crippen LogP contribution in [0.2, 0.25) is 0 Å². The molecular formula is C15H20BrNO2. The largest absolute Gasteiger partial charge is 0.444 e. The van der Waals surface area contributed by atoms with Crippen molar-refractivity contribution in [1.82, 2.24) is 4.90 Å². The van der Waals surface area contributed by atoms with E-state index in [2.05, 4.69) is 28.1 Å². The van der Waals surface area contributed by atoms with Gasteiger partial charge in [-0.25, -0.2) is 4.79 Å². The van der Waals surface area contributed by atoms with Crippen LogP contribution in [0.4, 0.5) is 4.79 Å². The summed E-state index contributed by atoms with van der Waals surface area (Å²) in [6.45, 7) is 6.47. The molecule has 1 heterocycles. The molecule has 1 atom stereocenters. The van der Waals surface area contributed by atoms with Gasteiger partial charge in [0.2, 0.25) is 0 Å². The Labute approximate surface area is 123 Å². The van der Waals surface area contributed by atoms with E-state index in [0.717, 1.165) is 23.9 Å². The highest BCUT2D eigenvalue weighted by atomic mass is 79.9. The van der Waals surface area contributed by atoms with Crippen molar-refractivity contribution in [1.29, 1.82) is 0 Å². The lowest BCUT2D eigenvalue weighted by Crippen LogP contribution is -2.36. The summed E-state index contributed by atoms with van der Waals surface area (Å²) >= 11 is 3.43. The summed E-state index contributed by atoms with van der Waals surface area (Å²) in [5, 5.41) is 0. The van der Waals surface area contributed by atoms with Crippen molar-refractivity contribution in [3.8, 4) is 0 Å². The number of carbonyl (C=O) groups excluding carboxylic acids is 1. The topological polar surface area (TPSA) is 29.5 Å². The highest BCUT2D eigenvalue weighted by Gasteiger charge is 2.32. The van der Waals surface area contributed by atoms with Crippen molar-refractivity contribution < 1.29 is 9.53 Å². The molecule has 0 aromatic heterocycles. The minimum atomic E-state index is -0.441. The average molecular weight is 326 g/mol. The molecule has 0 unspecified atom stereocenters. The number of ether oxygens (including phenoxy) is 1. The fourth-order valence-electron chi connectivity index (χ4n) is 2.34. The first-order valence-electron chi connectivity index (χ1n) is 6.62. The number of carbonyl (C=O) groups is 1. The van der Waals surface area contributed by atoms with Gasteiger partial charge in [0.15, 0.2) is 0 Å². The molecule has 0 aliphatic carbocycles. The maximum Gasteiger partial charge on any atom is 0.410 e. The van der Waals surface area contributed by atoms with E-state index >= 15 is 0 Å². The second-order valence-corrected chi connectivity index (χ2v) is 6.80. The van der Waals surface area contributed by atoms with Gasteiger partial charge in [0, 0.05) is 11.0 Å². The maximum atomic E-state index is 12.2. The third kappa shape index (κ3) is 3.72. The Hall–Kier alpha value is -1.03. The number of halogens is 1. The van der Waals surface area contributed by atoms with E-state index < -0.39 is 5.60 Å². The lowest BCUT2D eigenvalue weighted by molar-refractivity contribution is 0.0224. The molecule has 2 rings (SSSR count). The molecule has 3 nitrogen and oxygen atoms in total. The zero-order valence-corrected chi connectivity index (χ0v) is 13.2. The highest BCUT2D eigenvalue weighted by Crippen LogP contribution is 2.33. The first-order valence-corrected chi connectivity index (χ1v) is 7.41. The lowest BCUT2D eigenvalue weighted by atomic mass is 10.1. The Balaban J connectivity index is 2.12. The Morgan fingerprint density at radius 3 is 2.53 bits per heavy atom. The van der Waals surface area contributed by atoms with E-state index in [-0.39, 0.29) is 12.1 Å². The predicted molar refractivity (Wildman–Crippen MR) is 79.1 cm³/mol. The zero-order chi connectivity index (χ0) is 14.0. The number of rotatable bonds is 1. The number of benzene rings is 1. The van der Waals surface area contributed by atoms with Crippen LogP contribution in [0, 0.1) is 0 Å². The van der Waals surface area contributed by atoms with Crippen LogP contribution in [0.25, 0.3) is 0 Å². The molecule has 0 bridgehead atoms. The van der Waals surface area contributed by atoms with Crippen LogP contribution in [-0.2, 0) is 4.74 Å². The van der Waals surface area contributed by atoms with Gasteiger partial charge in [-0.05, 0) is 51.3 Å². The summed E-state index contributed by atoms with van der Waals surface area (Å²) in [5.41, 5.74) is 0.732. The van der Waals surface area contributed by atoms with Crippen LogP contribution in [0.3, 0.4) is 0 Å². The van der Waals surface area contributed by atoms with Crippen molar-refractivity contribution in [3.63, 3.8) is 0 Å². The highest BCUT2D eigenvalue weighted by molar-refractivity contribution is 9.10. The molecule has 0 N–H and O–H groups in total. The van der Waals surface area contributed by atoms with Gasteiger partial charge >= 0.3 is 6.09 Å². The number of hydrogen-bond donors (Lipinski definition) is 0. The summed E-state index contributed by atoms with van der Waals surface area (Å²) in [6.07, 6.45) is 1.82. The van der Waals surface area contributed by atoms with E-state index in [1.165, 1.54) is 5.56 Å². The predicted octanol–water partition coefficient (Wildman–Crippen LogP) is 4.52. The molecule has 1 aromatic carbocycles. The standard InChI is InChI=1S/C15H20BrNO2/c1-15(2,3)19-14(18)17-10-4-5-13(17)11-6-8-12(16)9-7-11/h6-9,13H,4-5,10H2,1-3H3/t13-/m1/s1. The zero-order valence-electron chi connectivity index (χ0n) is 11.6. The van der Waals surface area contributed by atoms with Gasteiger partial charge in [-0.15, -0.1) is 0 Å². The Kier molecular flexibility index (Phi) is 4.19. The average Bonchev–Trinajstić information content (AvgIpc) is 2.76. The van der Waals surface area contributed by atoms with Gasteiger partial charge in [-0.1, -0.05) is 28.1 Å². The summed E-state index contributed by atoms with van der Waals surface area (Å²) in [6, 6.07) is 8.31. The first kappa shape index (κ1) is 14.4. The van der Waals surface area contributed by atoms with Crippen LogP contribution in [0.5, 0.6) is 0 Å². The minimum absolute atomic E-state index is 0.142. The van der Waals surface area contributed by atoms with Crippen LogP contribution in [0.15, 0.2) is 28.7 Å². The van der Waals surface area contributed by atoms with Crippen molar-refractivity contribution in [2.24, 2.45) is 0 Å². The van der Waals surface area contributed by atoms with Crippen LogP contribution in [0.1, 0.15) is 45.2 Å². The van der Waals surface area contributed by atoms with E-state index in [9.17, 15) is 4.79 Å². The van der Waals surface area contributed by atoms with E-state index in [1.54, 1.807) is 0 Å². The summed E-state index contributed by atoms with van der Waals surface area (Å²) in [7, 11) is 0. The fraction of sp³-hybridized carbons (Fsp3) is 0.533. The number of amides is 1. The first-order chi connectivity index (χ1) is 8.87. The molecule has 1 aromatic rings. The molecule has 1 aliphatic rings. The van der Waals surface area contributed by atoms with Gasteiger partial charge < -0.3 is 9.64 Å². The minimum Gasteiger partial charge on any atom is -0.444 e. The Morgan fingerprint density at radius 2 is 1.95 bits per heavy atom. The Morgan fingerprint density at radius 1 is 1.32 bits per heavy atom. The summed E-state index contributed by atoms with van der Waals surface area (Å²) in [5.74, 6) is 0. The fourth-order valence-corrected chi connectivity index (χ4v) is 2.60. The molecular weight excluding hydrogens is 306 g/mol. The van der Waals surface area contributed by atoms with E-state index in [1.807, 2.05) is 37.8 Å². The second kappa shape index (κ2) is 5.53. The summed E-state index contributed by atoms with van der Waals surface area (Å²) < 4.78 is 6.53. The summed E-state index contributed by atoms with van der Waals surface area (Å²) in [4.78, 5) is 14.0. The molecule has 19 heavy (non-hydrogen) atoms. The van der Waals surface area contributed by atoms with Gasteiger partial charge in [0.05, 0.1) is 6.04 Å². The molecule has 1 saturated heterocycles. The monoisotopic (exact) mass is 325 g/mol. The third-order valence-electron chi connectivity index (χ3n) is 3.14. The molecule has 1 amide bonds. The van der Waals surface area contributed by atoms with Crippen molar-refractivity contribution in [2.45, 2.75) is 45.3 Å². The van der Waals surface area contributed by atoms with Gasteiger partial charge in [0.1, 0.15) is 5.60 Å². The normalized spacial score (nSPS) is 19.6. The van der Waals surface area contributed by atoms with E-state index in [0.29, 0.717) is 0 Å². The quantitative estimate of drug-likeness (QED) is 0.759. The SMILES string of the molecule is CC(C)(C)OC(=O)N1CCC[C@@H]1c1ccc(Br)cc1. The van der Waals surface area contributed by atoms with Gasteiger partial charge in [-0.2, -0.15) is 0 Å². The lowest BCUT2D eigenvalue weighted by Gasteiger charge is -2.28. The van der Waals surface area contributed by atoms with Crippen LogP contribution in [-0.4, -0.2) is 23.1 Å². The van der Waals surface area contributed by atoms with Crippen LogP contribution >= 0.6 is 15.9 Å². The molecule has 0 spiro atoms. The molecule has 104 valence electrons. The van der Waals surface area contributed by atoms with Crippen LogP contribution < -0.4 is 0 Å².